The Balaban J connectivity index is 1.99. The second kappa shape index (κ2) is 6.22. The maximum Gasteiger partial charge on any atom is 0.237 e. The normalized spacial score (nSPS) is 21.5. The minimum atomic E-state index is -0.298. The molecule has 0 bridgehead atoms. The fourth-order valence-corrected chi connectivity index (χ4v) is 3.01. The Hall–Kier alpha value is -0.940. The molecular weight excluding hydrogens is 323 g/mol. The molecule has 1 unspecified atom stereocenters. The van der Waals surface area contributed by atoms with Gasteiger partial charge in [-0.25, -0.2) is 4.39 Å². The van der Waals surface area contributed by atoms with E-state index in [0.717, 1.165) is 29.4 Å². The second-order valence-electron chi connectivity index (χ2n) is 5.93. The smallest absolute Gasteiger partial charge is 0.237 e. The fourth-order valence-electron chi connectivity index (χ4n) is 2.62. The summed E-state index contributed by atoms with van der Waals surface area (Å²) in [5, 5.41) is 6.17. The fraction of sp³-hybridized carbons (Fsp3) is 0.533. The Morgan fingerprint density at radius 1 is 1.55 bits per heavy atom. The zero-order valence-electron chi connectivity index (χ0n) is 11.8. The molecule has 1 atom stereocenters. The number of piperidine rings is 1. The van der Waals surface area contributed by atoms with Crippen molar-refractivity contribution in [2.75, 3.05) is 6.54 Å². The first-order valence-corrected chi connectivity index (χ1v) is 7.64. The van der Waals surface area contributed by atoms with Crippen molar-refractivity contribution < 1.29 is 9.18 Å². The van der Waals surface area contributed by atoms with Crippen LogP contribution in [-0.4, -0.2) is 18.5 Å². The number of carbonyl (C=O) groups excluding carboxylic acids is 1. The van der Waals surface area contributed by atoms with Gasteiger partial charge in [0, 0.05) is 11.0 Å². The largest absolute Gasteiger partial charge is 0.351 e. The Morgan fingerprint density at radius 2 is 2.30 bits per heavy atom. The average Bonchev–Trinajstić information content (AvgIpc) is 2.39. The highest BCUT2D eigenvalue weighted by atomic mass is 79.9. The first kappa shape index (κ1) is 15.4. The molecule has 1 fully saturated rings. The number of nitrogens with one attached hydrogen (secondary N) is 2. The highest BCUT2D eigenvalue weighted by Gasteiger charge is 2.36. The predicted molar refractivity (Wildman–Crippen MR) is 80.8 cm³/mol. The van der Waals surface area contributed by atoms with Gasteiger partial charge in [-0.05, 0) is 48.6 Å². The molecule has 1 aromatic carbocycles. The van der Waals surface area contributed by atoms with E-state index in [1.807, 2.05) is 0 Å². The van der Waals surface area contributed by atoms with E-state index < -0.39 is 0 Å². The third-order valence-electron chi connectivity index (χ3n) is 3.85. The van der Waals surface area contributed by atoms with E-state index in [0.29, 0.717) is 6.54 Å². The summed E-state index contributed by atoms with van der Waals surface area (Å²) in [6.07, 6.45) is 2.12. The van der Waals surface area contributed by atoms with Gasteiger partial charge in [-0.3, -0.25) is 4.79 Å². The van der Waals surface area contributed by atoms with Crippen LogP contribution >= 0.6 is 15.9 Å². The van der Waals surface area contributed by atoms with Crippen LogP contribution in [0.25, 0.3) is 0 Å². The van der Waals surface area contributed by atoms with E-state index in [4.69, 9.17) is 0 Å². The molecule has 2 N–H and O–H groups in total. The first-order valence-electron chi connectivity index (χ1n) is 6.85. The summed E-state index contributed by atoms with van der Waals surface area (Å²) >= 11 is 3.37. The van der Waals surface area contributed by atoms with Crippen molar-refractivity contribution >= 4 is 21.8 Å². The van der Waals surface area contributed by atoms with Crippen molar-refractivity contribution in [1.29, 1.82) is 0 Å². The molecule has 1 heterocycles. The molecule has 0 aromatic heterocycles. The Morgan fingerprint density at radius 3 is 3.00 bits per heavy atom. The van der Waals surface area contributed by atoms with E-state index in [2.05, 4.69) is 40.4 Å². The predicted octanol–water partition coefficient (Wildman–Crippen LogP) is 2.98. The van der Waals surface area contributed by atoms with Crippen LogP contribution in [0.2, 0.25) is 0 Å². The summed E-state index contributed by atoms with van der Waals surface area (Å²) in [4.78, 5) is 12.3. The number of hydrogen-bond acceptors (Lipinski definition) is 2. The van der Waals surface area contributed by atoms with Gasteiger partial charge in [0.1, 0.15) is 5.82 Å². The van der Waals surface area contributed by atoms with Gasteiger partial charge in [0.05, 0.1) is 6.04 Å². The van der Waals surface area contributed by atoms with Crippen LogP contribution in [0.3, 0.4) is 0 Å². The first-order chi connectivity index (χ1) is 9.40. The standard InChI is InChI=1S/C15H20BrFN2O/c1-15(2)6-3-7-18-13(15)14(20)19-9-10-8-11(17)4-5-12(10)16/h4-5,8,13,18H,3,6-7,9H2,1-2H3,(H,19,20). The second-order valence-corrected chi connectivity index (χ2v) is 6.79. The molecule has 5 heteroatoms. The van der Waals surface area contributed by atoms with Crippen LogP contribution in [0.15, 0.2) is 22.7 Å². The summed E-state index contributed by atoms with van der Waals surface area (Å²) in [6.45, 7) is 5.39. The van der Waals surface area contributed by atoms with Crippen LogP contribution in [-0.2, 0) is 11.3 Å². The van der Waals surface area contributed by atoms with E-state index in [-0.39, 0.29) is 23.2 Å². The lowest BCUT2D eigenvalue weighted by molar-refractivity contribution is -0.126. The Kier molecular flexibility index (Phi) is 4.81. The molecule has 3 nitrogen and oxygen atoms in total. The van der Waals surface area contributed by atoms with Crippen molar-refractivity contribution in [2.24, 2.45) is 5.41 Å². The van der Waals surface area contributed by atoms with E-state index in [9.17, 15) is 9.18 Å². The third-order valence-corrected chi connectivity index (χ3v) is 4.62. The molecule has 1 amide bonds. The molecular formula is C15H20BrFN2O. The third kappa shape index (κ3) is 3.58. The van der Waals surface area contributed by atoms with E-state index in [1.54, 1.807) is 6.07 Å². The van der Waals surface area contributed by atoms with Gasteiger partial charge in [-0.2, -0.15) is 0 Å². The van der Waals surface area contributed by atoms with Gasteiger partial charge in [0.15, 0.2) is 0 Å². The summed E-state index contributed by atoms with van der Waals surface area (Å²) in [5.74, 6) is -0.320. The van der Waals surface area contributed by atoms with Crippen LogP contribution in [0, 0.1) is 11.2 Å². The number of amides is 1. The molecule has 1 saturated heterocycles. The maximum absolute atomic E-state index is 13.2. The zero-order chi connectivity index (χ0) is 14.8. The highest BCUT2D eigenvalue weighted by molar-refractivity contribution is 9.10. The van der Waals surface area contributed by atoms with E-state index in [1.165, 1.54) is 12.1 Å². The molecule has 0 saturated carbocycles. The van der Waals surface area contributed by atoms with Gasteiger partial charge in [0.25, 0.3) is 0 Å². The van der Waals surface area contributed by atoms with Gasteiger partial charge < -0.3 is 10.6 Å². The van der Waals surface area contributed by atoms with Gasteiger partial charge >= 0.3 is 0 Å². The number of rotatable bonds is 3. The molecule has 1 aliphatic rings. The lowest BCUT2D eigenvalue weighted by Gasteiger charge is -2.38. The topological polar surface area (TPSA) is 41.1 Å². The van der Waals surface area contributed by atoms with Crippen LogP contribution in [0.5, 0.6) is 0 Å². The minimum Gasteiger partial charge on any atom is -0.351 e. The Bertz CT molecular complexity index is 505. The van der Waals surface area contributed by atoms with E-state index >= 15 is 0 Å². The summed E-state index contributed by atoms with van der Waals surface area (Å²) in [5.41, 5.74) is 0.688. The molecule has 0 radical (unpaired) electrons. The number of halogens is 2. The van der Waals surface area contributed by atoms with Crippen molar-refractivity contribution in [3.8, 4) is 0 Å². The van der Waals surface area contributed by atoms with Gasteiger partial charge in [-0.1, -0.05) is 29.8 Å². The summed E-state index contributed by atoms with van der Waals surface area (Å²) in [7, 11) is 0. The number of hydrogen-bond donors (Lipinski definition) is 2. The van der Waals surface area contributed by atoms with Crippen molar-refractivity contribution in [3.05, 3.63) is 34.1 Å². The van der Waals surface area contributed by atoms with Crippen molar-refractivity contribution in [1.82, 2.24) is 10.6 Å². The molecule has 0 aliphatic carbocycles. The van der Waals surface area contributed by atoms with Crippen LogP contribution in [0.4, 0.5) is 4.39 Å². The van der Waals surface area contributed by atoms with Crippen LogP contribution in [0.1, 0.15) is 32.3 Å². The average molecular weight is 343 g/mol. The molecule has 20 heavy (non-hydrogen) atoms. The minimum absolute atomic E-state index is 0.0224. The number of benzene rings is 1. The number of carbonyl (C=O) groups is 1. The summed E-state index contributed by atoms with van der Waals surface area (Å²) in [6, 6.07) is 4.29. The lowest BCUT2D eigenvalue weighted by Crippen LogP contribution is -2.55. The SMILES string of the molecule is CC1(C)CCCNC1C(=O)NCc1cc(F)ccc1Br. The molecule has 0 spiro atoms. The highest BCUT2D eigenvalue weighted by Crippen LogP contribution is 2.30. The maximum atomic E-state index is 13.2. The molecule has 1 aliphatic heterocycles. The van der Waals surface area contributed by atoms with Crippen LogP contribution < -0.4 is 10.6 Å². The molecule has 2 rings (SSSR count). The van der Waals surface area contributed by atoms with Crippen molar-refractivity contribution in [2.45, 2.75) is 39.3 Å². The molecule has 110 valence electrons. The quantitative estimate of drug-likeness (QED) is 0.886. The lowest BCUT2D eigenvalue weighted by atomic mass is 9.77. The van der Waals surface area contributed by atoms with Crippen molar-refractivity contribution in [3.63, 3.8) is 0 Å². The van der Waals surface area contributed by atoms with Gasteiger partial charge in [0.2, 0.25) is 5.91 Å². The zero-order valence-corrected chi connectivity index (χ0v) is 13.4. The van der Waals surface area contributed by atoms with Gasteiger partial charge in [-0.15, -0.1) is 0 Å². The molecule has 1 aromatic rings. The summed E-state index contributed by atoms with van der Waals surface area (Å²) < 4.78 is 14.0. The Labute approximate surface area is 127 Å². The monoisotopic (exact) mass is 342 g/mol.